The van der Waals surface area contributed by atoms with Gasteiger partial charge in [0, 0.05) is 5.25 Å². The van der Waals surface area contributed by atoms with E-state index in [9.17, 15) is 24.3 Å². The van der Waals surface area contributed by atoms with Crippen molar-refractivity contribution < 1.29 is 34.2 Å². The lowest BCUT2D eigenvalue weighted by Crippen LogP contribution is -2.71. The van der Waals surface area contributed by atoms with Crippen LogP contribution >= 0.6 is 34.7 Å². The van der Waals surface area contributed by atoms with Crippen LogP contribution in [0.25, 0.3) is 0 Å². The maximum absolute atomic E-state index is 12.8. The lowest BCUT2D eigenvalue weighted by atomic mass is 10.0. The molecule has 1 saturated heterocycles. The highest BCUT2D eigenvalue weighted by atomic mass is 35.5. The van der Waals surface area contributed by atoms with Gasteiger partial charge in [0.25, 0.3) is 11.8 Å². The minimum atomic E-state index is -1.33. The third kappa shape index (κ3) is 4.20. The number of halogens is 1. The lowest BCUT2D eigenvalue weighted by Gasteiger charge is -2.49. The molecule has 3 heterocycles. The molecule has 160 valence electrons. The number of carboxylic acid groups (broad SMARTS) is 2. The van der Waals surface area contributed by atoms with Gasteiger partial charge in [-0.15, -0.1) is 11.8 Å². The summed E-state index contributed by atoms with van der Waals surface area (Å²) in [6, 6.07) is -1.03. The molecule has 0 radical (unpaired) electrons. The number of anilines is 1. The molecule has 0 aromatic carbocycles. The van der Waals surface area contributed by atoms with Crippen LogP contribution in [0.15, 0.2) is 16.9 Å². The molecule has 30 heavy (non-hydrogen) atoms. The summed E-state index contributed by atoms with van der Waals surface area (Å²) in [4.78, 5) is 56.9. The van der Waals surface area contributed by atoms with E-state index in [1.165, 1.54) is 17.8 Å². The number of carbonyl (C=O) groups is 4. The summed E-state index contributed by atoms with van der Waals surface area (Å²) >= 11 is 8.17. The van der Waals surface area contributed by atoms with Crippen molar-refractivity contribution in [1.29, 1.82) is 0 Å². The summed E-state index contributed by atoms with van der Waals surface area (Å²) < 4.78 is 0.0126. The SMILES string of the molecule is CC1C=C(C(=O)O)N2C(=O)C(NC(=O)C(=NOCC(=O)O)c3nc(N)sc3Cl)[C@@H]2S1. The second kappa shape index (κ2) is 8.49. The fraction of sp³-hybridized carbons (Fsp3) is 0.333. The number of β-lactam (4-membered cyclic amide) rings is 1. The van der Waals surface area contributed by atoms with E-state index in [1.54, 1.807) is 6.92 Å². The Morgan fingerprint density at radius 3 is 2.70 bits per heavy atom. The van der Waals surface area contributed by atoms with E-state index in [0.29, 0.717) is 0 Å². The molecule has 2 aliphatic heterocycles. The third-order valence-corrected chi connectivity index (χ3v) is 6.35. The van der Waals surface area contributed by atoms with E-state index in [0.717, 1.165) is 16.2 Å². The molecule has 0 saturated carbocycles. The molecular formula is C15H14ClN5O7S2. The van der Waals surface area contributed by atoms with Crippen molar-refractivity contribution in [2.24, 2.45) is 5.16 Å². The van der Waals surface area contributed by atoms with Gasteiger partial charge in [0.15, 0.2) is 10.8 Å². The van der Waals surface area contributed by atoms with Crippen molar-refractivity contribution in [3.8, 4) is 0 Å². The molecule has 3 rings (SSSR count). The topological polar surface area (TPSA) is 185 Å². The van der Waals surface area contributed by atoms with Gasteiger partial charge in [0.2, 0.25) is 6.61 Å². The molecular weight excluding hydrogens is 462 g/mol. The Morgan fingerprint density at radius 2 is 2.13 bits per heavy atom. The van der Waals surface area contributed by atoms with Crippen molar-refractivity contribution in [3.05, 3.63) is 21.8 Å². The Bertz CT molecular complexity index is 994. The van der Waals surface area contributed by atoms with Gasteiger partial charge in [0.05, 0.1) is 0 Å². The van der Waals surface area contributed by atoms with E-state index in [2.05, 4.69) is 20.3 Å². The smallest absolute Gasteiger partial charge is 0.352 e. The number of oxime groups is 1. The van der Waals surface area contributed by atoms with Crippen molar-refractivity contribution in [3.63, 3.8) is 0 Å². The Hall–Kier alpha value is -2.84. The van der Waals surface area contributed by atoms with Crippen molar-refractivity contribution in [2.45, 2.75) is 23.6 Å². The van der Waals surface area contributed by atoms with Gasteiger partial charge in [-0.1, -0.05) is 28.1 Å². The highest BCUT2D eigenvalue weighted by Crippen LogP contribution is 2.40. The van der Waals surface area contributed by atoms with E-state index >= 15 is 0 Å². The van der Waals surface area contributed by atoms with Gasteiger partial charge < -0.3 is 26.1 Å². The van der Waals surface area contributed by atoms with E-state index < -0.39 is 47.5 Å². The number of amides is 2. The molecule has 0 aliphatic carbocycles. The lowest BCUT2D eigenvalue weighted by molar-refractivity contribution is -0.150. The van der Waals surface area contributed by atoms with E-state index in [4.69, 9.17) is 22.4 Å². The Kier molecular flexibility index (Phi) is 6.19. The van der Waals surface area contributed by atoms with Crippen LogP contribution in [0.4, 0.5) is 5.13 Å². The van der Waals surface area contributed by atoms with Crippen LogP contribution in [0.1, 0.15) is 12.6 Å². The molecule has 1 fully saturated rings. The number of rotatable bonds is 7. The Balaban J connectivity index is 1.82. The molecule has 1 aromatic rings. The molecule has 1 aromatic heterocycles. The first-order valence-electron chi connectivity index (χ1n) is 8.18. The van der Waals surface area contributed by atoms with Crippen LogP contribution in [0.3, 0.4) is 0 Å². The first-order valence-corrected chi connectivity index (χ1v) is 10.3. The van der Waals surface area contributed by atoms with Crippen molar-refractivity contribution in [1.82, 2.24) is 15.2 Å². The van der Waals surface area contributed by atoms with Crippen LogP contribution < -0.4 is 11.1 Å². The number of nitrogens with zero attached hydrogens (tertiary/aromatic N) is 3. The zero-order valence-electron chi connectivity index (χ0n) is 15.1. The second-order valence-electron chi connectivity index (χ2n) is 6.03. The number of carboxylic acids is 2. The highest BCUT2D eigenvalue weighted by Gasteiger charge is 2.54. The predicted molar refractivity (Wildman–Crippen MR) is 107 cm³/mol. The normalized spacial score (nSPS) is 23.2. The van der Waals surface area contributed by atoms with Crippen molar-refractivity contribution >= 4 is 69.3 Å². The number of nitrogens with two attached hydrogens (primary N) is 1. The minimum absolute atomic E-state index is 0.0126. The molecule has 0 spiro atoms. The highest BCUT2D eigenvalue weighted by molar-refractivity contribution is 8.00. The number of hydrogen-bond acceptors (Lipinski definition) is 10. The number of hydrogen-bond donors (Lipinski definition) is 4. The fourth-order valence-electron chi connectivity index (χ4n) is 2.75. The predicted octanol–water partition coefficient (Wildman–Crippen LogP) is -0.0591. The standard InChI is InChI=1S/C15H14ClN5O7S2/c1-4-2-5(14(26)27)21-12(25)9(13(21)29-4)18-11(24)8(20-28-3-6(22)23)7-10(16)30-15(17)19-7/h2,4,9,13H,3H2,1H3,(H2,17,19)(H,18,24)(H,22,23)(H,26,27)/t4?,9?,13-/m0/s1. The summed E-state index contributed by atoms with van der Waals surface area (Å²) in [5.74, 6) is -4.10. The monoisotopic (exact) mass is 475 g/mol. The molecule has 5 N–H and O–H groups in total. The van der Waals surface area contributed by atoms with Crippen LogP contribution in [0, 0.1) is 0 Å². The molecule has 2 aliphatic rings. The van der Waals surface area contributed by atoms with Crippen LogP contribution in [-0.2, 0) is 24.0 Å². The first-order chi connectivity index (χ1) is 14.1. The molecule has 0 bridgehead atoms. The van der Waals surface area contributed by atoms with Crippen LogP contribution in [0.2, 0.25) is 4.34 Å². The van der Waals surface area contributed by atoms with Gasteiger partial charge in [-0.05, 0) is 13.0 Å². The number of carbonyl (C=O) groups excluding carboxylic acids is 2. The Labute approximate surface area is 181 Å². The van der Waals surface area contributed by atoms with E-state index in [1.807, 2.05) is 0 Å². The summed E-state index contributed by atoms with van der Waals surface area (Å²) in [5, 5.41) is 23.1. The maximum Gasteiger partial charge on any atom is 0.352 e. The average Bonchev–Trinajstić information content (AvgIpc) is 2.99. The zero-order chi connectivity index (χ0) is 22.2. The van der Waals surface area contributed by atoms with Crippen LogP contribution in [0.5, 0.6) is 0 Å². The number of fused-ring (bicyclic) bond motifs is 1. The van der Waals surface area contributed by atoms with Gasteiger partial charge in [-0.2, -0.15) is 0 Å². The van der Waals surface area contributed by atoms with Gasteiger partial charge in [-0.25, -0.2) is 14.6 Å². The number of thioether (sulfide) groups is 1. The number of nitrogens with one attached hydrogen (secondary N) is 1. The molecule has 15 heteroatoms. The third-order valence-electron chi connectivity index (χ3n) is 3.94. The van der Waals surface area contributed by atoms with Gasteiger partial charge >= 0.3 is 11.9 Å². The Morgan fingerprint density at radius 1 is 1.43 bits per heavy atom. The average molecular weight is 476 g/mol. The quantitative estimate of drug-likeness (QED) is 0.236. The first kappa shape index (κ1) is 21.9. The minimum Gasteiger partial charge on any atom is -0.479 e. The number of nitrogen functional groups attached to an aromatic ring is 1. The number of aromatic nitrogens is 1. The maximum atomic E-state index is 12.8. The van der Waals surface area contributed by atoms with E-state index in [-0.39, 0.29) is 26.1 Å². The van der Waals surface area contributed by atoms with Crippen molar-refractivity contribution in [2.75, 3.05) is 12.3 Å². The fourth-order valence-corrected chi connectivity index (χ4v) is 5.00. The summed E-state index contributed by atoms with van der Waals surface area (Å²) in [7, 11) is 0. The second-order valence-corrected chi connectivity index (χ2v) is 9.16. The molecule has 2 unspecified atom stereocenters. The number of thiazole rings is 1. The van der Waals surface area contributed by atoms with Gasteiger partial charge in [-0.3, -0.25) is 14.5 Å². The number of aliphatic carboxylic acids is 2. The molecule has 2 amide bonds. The zero-order valence-corrected chi connectivity index (χ0v) is 17.5. The molecule has 12 nitrogen and oxygen atoms in total. The van der Waals surface area contributed by atoms with Gasteiger partial charge in [0.1, 0.15) is 27.1 Å². The largest absolute Gasteiger partial charge is 0.479 e. The summed E-state index contributed by atoms with van der Waals surface area (Å²) in [6.45, 7) is 0.935. The molecule has 3 atom stereocenters. The summed E-state index contributed by atoms with van der Waals surface area (Å²) in [6.07, 6.45) is 1.45. The summed E-state index contributed by atoms with van der Waals surface area (Å²) in [5.41, 5.74) is 4.81. The van der Waals surface area contributed by atoms with Crippen LogP contribution in [-0.4, -0.2) is 72.8 Å².